The summed E-state index contributed by atoms with van der Waals surface area (Å²) in [6.45, 7) is 7.39. The van der Waals surface area contributed by atoms with Gasteiger partial charge in [-0.1, -0.05) is 39.0 Å². The number of rotatable bonds is 7. The number of halogens is 3. The minimum absolute atomic E-state index is 0.331. The molecule has 188 valence electrons. The third-order valence-electron chi connectivity index (χ3n) is 5.62. The van der Waals surface area contributed by atoms with Crippen LogP contribution in [0.1, 0.15) is 49.8 Å². The number of nitrogens with zero attached hydrogens (tertiary/aromatic N) is 1. The van der Waals surface area contributed by atoms with Gasteiger partial charge in [-0.15, -0.1) is 0 Å². The first-order chi connectivity index (χ1) is 15.8. The lowest BCUT2D eigenvalue weighted by Crippen LogP contribution is -2.30. The Balaban J connectivity index is 0.000000509. The van der Waals surface area contributed by atoms with E-state index in [1.807, 2.05) is 24.3 Å². The Bertz CT molecular complexity index is 1080. The number of carboxylic acid groups (broad SMARTS) is 1. The molecule has 10 heteroatoms. The van der Waals surface area contributed by atoms with E-state index in [4.69, 9.17) is 9.90 Å². The van der Waals surface area contributed by atoms with Gasteiger partial charge in [-0.3, -0.25) is 4.31 Å². The van der Waals surface area contributed by atoms with Crippen LogP contribution in [0.3, 0.4) is 0 Å². The molecule has 1 aliphatic carbocycles. The highest BCUT2D eigenvalue weighted by Crippen LogP contribution is 2.30. The van der Waals surface area contributed by atoms with Crippen LogP contribution >= 0.6 is 0 Å². The van der Waals surface area contributed by atoms with E-state index in [1.54, 1.807) is 19.2 Å². The predicted molar refractivity (Wildman–Crippen MR) is 126 cm³/mol. The summed E-state index contributed by atoms with van der Waals surface area (Å²) < 4.78 is 59.2. The summed E-state index contributed by atoms with van der Waals surface area (Å²) in [6, 6.07) is 13.7. The van der Waals surface area contributed by atoms with Crippen molar-refractivity contribution in [3.05, 3.63) is 59.2 Å². The van der Waals surface area contributed by atoms with Crippen molar-refractivity contribution < 1.29 is 31.5 Å². The lowest BCUT2D eigenvalue weighted by molar-refractivity contribution is -0.192. The molecule has 6 nitrogen and oxygen atoms in total. The number of sulfonamides is 1. The Morgan fingerprint density at radius 2 is 1.68 bits per heavy atom. The molecular formula is C24H31F3N2O4S. The molecule has 0 aliphatic heterocycles. The molecule has 1 atom stereocenters. The molecule has 0 radical (unpaired) electrons. The molecule has 0 saturated heterocycles. The minimum atomic E-state index is -5.08. The van der Waals surface area contributed by atoms with Crippen molar-refractivity contribution in [2.24, 2.45) is 0 Å². The van der Waals surface area contributed by atoms with Gasteiger partial charge in [-0.05, 0) is 72.7 Å². The Labute approximate surface area is 198 Å². The summed E-state index contributed by atoms with van der Waals surface area (Å²) in [7, 11) is -1.93. The summed E-state index contributed by atoms with van der Waals surface area (Å²) >= 11 is 0. The summed E-state index contributed by atoms with van der Waals surface area (Å²) in [5.74, 6) is -2.38. The average molecular weight is 501 g/mol. The second kappa shape index (κ2) is 11.2. The first-order valence-electron chi connectivity index (χ1n) is 11.0. The molecule has 0 unspecified atom stereocenters. The van der Waals surface area contributed by atoms with E-state index in [1.165, 1.54) is 15.4 Å². The molecule has 2 aromatic rings. The van der Waals surface area contributed by atoms with Crippen LogP contribution in [-0.2, 0) is 27.7 Å². The molecule has 2 N–H and O–H groups in total. The lowest BCUT2D eigenvalue weighted by Gasteiger charge is -2.20. The quantitative estimate of drug-likeness (QED) is 0.574. The third kappa shape index (κ3) is 6.96. The molecule has 0 saturated carbocycles. The van der Waals surface area contributed by atoms with Crippen molar-refractivity contribution in [1.82, 2.24) is 5.32 Å². The van der Waals surface area contributed by atoms with E-state index in [0.717, 1.165) is 37.1 Å². The van der Waals surface area contributed by atoms with Crippen LogP contribution in [-0.4, -0.2) is 45.3 Å². The highest BCUT2D eigenvalue weighted by atomic mass is 32.2. The number of carboxylic acids is 1. The normalized spacial score (nSPS) is 15.5. The summed E-state index contributed by atoms with van der Waals surface area (Å²) in [6.07, 6.45) is -1.99. The largest absolute Gasteiger partial charge is 0.490 e. The van der Waals surface area contributed by atoms with E-state index in [9.17, 15) is 21.6 Å². The Morgan fingerprint density at radius 3 is 2.18 bits per heavy atom. The standard InChI is InChI=1S/C22H30N2O2S.C2HF3O2/c1-5-12-23-20-13-18-6-9-21(15-19(18)14-20)24(4)27(25,26)22-10-7-17(8-11-22)16(2)3;3-2(4,5)1(6)7/h6-11,15-16,20,23H,5,12-14H2,1-4H3;(H,6,7)/t20-;/m0./s1. The van der Waals surface area contributed by atoms with Gasteiger partial charge in [-0.2, -0.15) is 13.2 Å². The lowest BCUT2D eigenvalue weighted by atomic mass is 10.0. The fourth-order valence-electron chi connectivity index (χ4n) is 3.61. The highest BCUT2D eigenvalue weighted by molar-refractivity contribution is 7.92. The van der Waals surface area contributed by atoms with Gasteiger partial charge >= 0.3 is 12.1 Å². The van der Waals surface area contributed by atoms with Gasteiger partial charge in [-0.25, -0.2) is 13.2 Å². The van der Waals surface area contributed by atoms with Crippen LogP contribution in [0.5, 0.6) is 0 Å². The first-order valence-corrected chi connectivity index (χ1v) is 12.5. The van der Waals surface area contributed by atoms with Gasteiger partial charge in [0.15, 0.2) is 0 Å². The molecule has 0 spiro atoms. The number of fused-ring (bicyclic) bond motifs is 1. The SMILES string of the molecule is CCCN[C@H]1Cc2ccc(N(C)S(=O)(=O)c3ccc(C(C)C)cc3)cc2C1.O=C(O)C(F)(F)F. The van der Waals surface area contributed by atoms with Crippen LogP contribution in [0, 0.1) is 0 Å². The number of alkyl halides is 3. The summed E-state index contributed by atoms with van der Waals surface area (Å²) in [5.41, 5.74) is 4.43. The van der Waals surface area contributed by atoms with Crippen LogP contribution in [0.2, 0.25) is 0 Å². The van der Waals surface area contributed by atoms with E-state index in [2.05, 4.69) is 32.2 Å². The molecule has 0 heterocycles. The zero-order valence-electron chi connectivity index (χ0n) is 19.7. The molecule has 2 aromatic carbocycles. The van der Waals surface area contributed by atoms with Crippen LogP contribution in [0.25, 0.3) is 0 Å². The summed E-state index contributed by atoms with van der Waals surface area (Å²) in [4.78, 5) is 9.23. The smallest absolute Gasteiger partial charge is 0.475 e. The van der Waals surface area contributed by atoms with Crippen LogP contribution < -0.4 is 9.62 Å². The van der Waals surface area contributed by atoms with Crippen molar-refractivity contribution in [2.45, 2.75) is 63.1 Å². The number of benzene rings is 2. The zero-order chi connectivity index (χ0) is 25.7. The second-order valence-corrected chi connectivity index (χ2v) is 10.5. The topological polar surface area (TPSA) is 86.7 Å². The fraction of sp³-hybridized carbons (Fsp3) is 0.458. The molecule has 0 fully saturated rings. The predicted octanol–water partition coefficient (Wildman–Crippen LogP) is 4.74. The minimum Gasteiger partial charge on any atom is -0.475 e. The maximum atomic E-state index is 13.0. The van der Waals surface area contributed by atoms with Crippen molar-refractivity contribution in [1.29, 1.82) is 0 Å². The monoisotopic (exact) mass is 500 g/mol. The number of hydrogen-bond donors (Lipinski definition) is 2. The zero-order valence-corrected chi connectivity index (χ0v) is 20.5. The van der Waals surface area contributed by atoms with Gasteiger partial charge in [0.2, 0.25) is 0 Å². The van der Waals surface area contributed by atoms with Gasteiger partial charge in [0.25, 0.3) is 10.0 Å². The summed E-state index contributed by atoms with van der Waals surface area (Å²) in [5, 5.41) is 10.7. The van der Waals surface area contributed by atoms with Crippen molar-refractivity contribution in [3.8, 4) is 0 Å². The molecule has 3 rings (SSSR count). The number of carbonyl (C=O) groups is 1. The third-order valence-corrected chi connectivity index (χ3v) is 7.42. The molecule has 1 aliphatic rings. The molecule has 0 bridgehead atoms. The maximum absolute atomic E-state index is 13.0. The molecule has 0 aromatic heterocycles. The number of aliphatic carboxylic acids is 1. The second-order valence-electron chi connectivity index (χ2n) is 8.51. The highest BCUT2D eigenvalue weighted by Gasteiger charge is 2.38. The van der Waals surface area contributed by atoms with Gasteiger partial charge in [0.1, 0.15) is 0 Å². The average Bonchev–Trinajstić information content (AvgIpc) is 3.19. The van der Waals surface area contributed by atoms with E-state index in [-0.39, 0.29) is 0 Å². The van der Waals surface area contributed by atoms with Crippen molar-refractivity contribution >= 4 is 21.7 Å². The van der Waals surface area contributed by atoms with Crippen molar-refractivity contribution in [2.75, 3.05) is 17.9 Å². The van der Waals surface area contributed by atoms with E-state index >= 15 is 0 Å². The van der Waals surface area contributed by atoms with Gasteiger partial charge < -0.3 is 10.4 Å². The maximum Gasteiger partial charge on any atom is 0.490 e. The molecule has 34 heavy (non-hydrogen) atoms. The van der Waals surface area contributed by atoms with E-state index < -0.39 is 22.2 Å². The Morgan fingerprint density at radius 1 is 1.12 bits per heavy atom. The Hall–Kier alpha value is -2.59. The fourth-order valence-corrected chi connectivity index (χ4v) is 4.80. The van der Waals surface area contributed by atoms with Crippen LogP contribution in [0.15, 0.2) is 47.4 Å². The molecular weight excluding hydrogens is 469 g/mol. The van der Waals surface area contributed by atoms with Crippen LogP contribution in [0.4, 0.5) is 18.9 Å². The number of hydrogen-bond acceptors (Lipinski definition) is 4. The van der Waals surface area contributed by atoms with Gasteiger partial charge in [0.05, 0.1) is 10.6 Å². The number of nitrogens with one attached hydrogen (secondary N) is 1. The first kappa shape index (κ1) is 27.7. The van der Waals surface area contributed by atoms with Gasteiger partial charge in [0, 0.05) is 13.1 Å². The Kier molecular flexibility index (Phi) is 9.13. The van der Waals surface area contributed by atoms with E-state index in [0.29, 0.717) is 16.9 Å². The molecule has 0 amide bonds. The van der Waals surface area contributed by atoms with Crippen molar-refractivity contribution in [3.63, 3.8) is 0 Å². The number of anilines is 1.